The molecule has 0 saturated carbocycles. The Balaban J connectivity index is 0.00000144. The molecule has 1 rings (SSSR count). The zero-order chi connectivity index (χ0) is 8.97. The molecule has 1 unspecified atom stereocenters. The van der Waals surface area contributed by atoms with Gasteiger partial charge in [-0.2, -0.15) is 19.8 Å². The number of benzene rings is 1. The molecule has 0 N–H and O–H groups in total. The monoisotopic (exact) mass is 250 g/mol. The molecule has 1 aromatic rings. The van der Waals surface area contributed by atoms with Gasteiger partial charge in [-0.05, 0) is 0 Å². The second-order valence-corrected chi connectivity index (χ2v) is 3.67. The van der Waals surface area contributed by atoms with E-state index in [1.54, 1.807) is 0 Å². The topological polar surface area (TPSA) is 0 Å². The van der Waals surface area contributed by atoms with E-state index >= 15 is 0 Å². The fourth-order valence-corrected chi connectivity index (χ4v) is 1.17. The van der Waals surface area contributed by atoms with Gasteiger partial charge in [0.1, 0.15) is 0 Å². The molecule has 0 aromatic heterocycles. The van der Waals surface area contributed by atoms with Crippen molar-refractivity contribution >= 4 is 0 Å². The third kappa shape index (κ3) is 4.93. The molecule has 0 amide bonds. The van der Waals surface area contributed by atoms with Crippen molar-refractivity contribution in [2.45, 2.75) is 27.2 Å². The van der Waals surface area contributed by atoms with Gasteiger partial charge in [0.2, 0.25) is 0 Å². The van der Waals surface area contributed by atoms with Gasteiger partial charge in [0.05, 0.1) is 0 Å². The largest absolute Gasteiger partial charge is 3.00 e. The van der Waals surface area contributed by atoms with Gasteiger partial charge in [-0.1, -0.05) is 49.2 Å². The van der Waals surface area contributed by atoms with Gasteiger partial charge in [0.15, 0.2) is 0 Å². The smallest absolute Gasteiger partial charge is 0.317 e. The number of hydrogen-bond donors (Lipinski definition) is 0. The second-order valence-electron chi connectivity index (χ2n) is 3.67. The molecule has 0 aliphatic rings. The summed E-state index contributed by atoms with van der Waals surface area (Å²) < 4.78 is 0. The van der Waals surface area contributed by atoms with Crippen LogP contribution in [0.5, 0.6) is 0 Å². The first-order valence-electron chi connectivity index (χ1n) is 4.54. The minimum atomic E-state index is 0. The second kappa shape index (κ2) is 6.73. The molecular formula is C12H17Y+2. The van der Waals surface area contributed by atoms with Crippen molar-refractivity contribution in [3.8, 4) is 0 Å². The van der Waals surface area contributed by atoms with Crippen LogP contribution in [-0.2, 0) is 39.1 Å². The Morgan fingerprint density at radius 3 is 2.15 bits per heavy atom. The average Bonchev–Trinajstić information content (AvgIpc) is 2.06. The van der Waals surface area contributed by atoms with Crippen LogP contribution in [0.2, 0.25) is 0 Å². The molecule has 0 radical (unpaired) electrons. The molecule has 66 valence electrons. The third-order valence-electron chi connectivity index (χ3n) is 2.37. The Morgan fingerprint density at radius 1 is 1.15 bits per heavy atom. The predicted molar refractivity (Wildman–Crippen MR) is 53.9 cm³/mol. The zero-order valence-electron chi connectivity index (χ0n) is 8.75. The number of rotatable bonds is 3. The van der Waals surface area contributed by atoms with Crippen LogP contribution in [0, 0.1) is 11.8 Å². The van der Waals surface area contributed by atoms with Gasteiger partial charge in [0, 0.05) is 0 Å². The first-order chi connectivity index (χ1) is 5.70. The van der Waals surface area contributed by atoms with E-state index < -0.39 is 0 Å². The van der Waals surface area contributed by atoms with Crippen LogP contribution in [0.25, 0.3) is 0 Å². The Labute approximate surface area is 107 Å². The Bertz CT molecular complexity index is 216. The normalized spacial score (nSPS) is 12.3. The molecule has 0 heterocycles. The van der Waals surface area contributed by atoms with E-state index in [4.69, 9.17) is 0 Å². The summed E-state index contributed by atoms with van der Waals surface area (Å²) in [6, 6.07) is 10.7. The van der Waals surface area contributed by atoms with Crippen molar-refractivity contribution in [3.63, 3.8) is 0 Å². The van der Waals surface area contributed by atoms with Gasteiger partial charge < -0.3 is 5.92 Å². The summed E-state index contributed by atoms with van der Waals surface area (Å²) in [5, 5.41) is 0. The third-order valence-corrected chi connectivity index (χ3v) is 2.37. The van der Waals surface area contributed by atoms with Crippen molar-refractivity contribution in [1.82, 2.24) is 0 Å². The Kier molecular flexibility index (Phi) is 6.90. The summed E-state index contributed by atoms with van der Waals surface area (Å²) in [6.45, 7) is 6.68. The van der Waals surface area contributed by atoms with E-state index in [2.05, 4.69) is 51.1 Å². The first kappa shape index (κ1) is 13.3. The molecule has 0 saturated heterocycles. The summed E-state index contributed by atoms with van der Waals surface area (Å²) in [4.78, 5) is 0. The van der Waals surface area contributed by atoms with Gasteiger partial charge in [-0.15, -0.1) is 0 Å². The van der Waals surface area contributed by atoms with Crippen molar-refractivity contribution in [1.29, 1.82) is 0 Å². The minimum absolute atomic E-state index is 0. The Hall–Kier alpha value is 0.324. The van der Waals surface area contributed by atoms with Gasteiger partial charge in [-0.3, -0.25) is 0 Å². The van der Waals surface area contributed by atoms with E-state index in [0.29, 0.717) is 5.92 Å². The summed E-state index contributed by atoms with van der Waals surface area (Å²) in [6.07, 6.45) is 1.17. The Morgan fingerprint density at radius 2 is 1.69 bits per heavy atom. The molecule has 0 nitrogen and oxygen atoms in total. The van der Waals surface area contributed by atoms with Crippen LogP contribution >= 0.6 is 0 Å². The molecule has 0 aliphatic carbocycles. The fraction of sp³-hybridized carbons (Fsp3) is 0.417. The molecule has 1 heteroatoms. The van der Waals surface area contributed by atoms with Crippen LogP contribution in [-0.4, -0.2) is 0 Å². The van der Waals surface area contributed by atoms with Crippen molar-refractivity contribution in [3.05, 3.63) is 41.8 Å². The maximum Gasteiger partial charge on any atom is 3.00 e. The SMILES string of the molecule is C[C-](C)C(C)Cc1ccccc1.[Y+3]. The van der Waals surface area contributed by atoms with Crippen molar-refractivity contribution < 1.29 is 32.7 Å². The summed E-state index contributed by atoms with van der Waals surface area (Å²) >= 11 is 0. The van der Waals surface area contributed by atoms with Crippen molar-refractivity contribution in [2.24, 2.45) is 5.92 Å². The van der Waals surface area contributed by atoms with E-state index in [9.17, 15) is 0 Å². The molecule has 1 atom stereocenters. The summed E-state index contributed by atoms with van der Waals surface area (Å²) in [5.41, 5.74) is 1.44. The van der Waals surface area contributed by atoms with Crippen LogP contribution in [0.3, 0.4) is 0 Å². The summed E-state index contributed by atoms with van der Waals surface area (Å²) in [7, 11) is 0. The molecular weight excluding hydrogens is 233 g/mol. The fourth-order valence-electron chi connectivity index (χ4n) is 1.17. The molecule has 1 aromatic carbocycles. The molecule has 0 aliphatic heterocycles. The van der Waals surface area contributed by atoms with Gasteiger partial charge in [-0.25, -0.2) is 0 Å². The van der Waals surface area contributed by atoms with E-state index in [1.165, 1.54) is 17.9 Å². The van der Waals surface area contributed by atoms with E-state index in [1.807, 2.05) is 0 Å². The predicted octanol–water partition coefficient (Wildman–Crippen LogP) is 3.48. The summed E-state index contributed by atoms with van der Waals surface area (Å²) in [5.74, 6) is 2.21. The van der Waals surface area contributed by atoms with Crippen LogP contribution in [0.4, 0.5) is 0 Å². The molecule has 0 bridgehead atoms. The van der Waals surface area contributed by atoms with E-state index in [-0.39, 0.29) is 32.7 Å². The first-order valence-corrected chi connectivity index (χ1v) is 4.54. The number of hydrogen-bond acceptors (Lipinski definition) is 0. The minimum Gasteiger partial charge on any atom is -0.317 e. The van der Waals surface area contributed by atoms with Crippen molar-refractivity contribution in [2.75, 3.05) is 0 Å². The van der Waals surface area contributed by atoms with Crippen LogP contribution in [0.1, 0.15) is 26.3 Å². The quantitative estimate of drug-likeness (QED) is 0.720. The van der Waals surface area contributed by atoms with Gasteiger partial charge >= 0.3 is 32.7 Å². The van der Waals surface area contributed by atoms with E-state index in [0.717, 1.165) is 0 Å². The molecule has 0 spiro atoms. The van der Waals surface area contributed by atoms with Crippen LogP contribution < -0.4 is 0 Å². The maximum atomic E-state index is 2.28. The average molecular weight is 250 g/mol. The van der Waals surface area contributed by atoms with Gasteiger partial charge in [0.25, 0.3) is 0 Å². The maximum absolute atomic E-state index is 2.28. The zero-order valence-corrected chi connectivity index (χ0v) is 11.6. The molecule has 0 fully saturated rings. The van der Waals surface area contributed by atoms with Crippen LogP contribution in [0.15, 0.2) is 30.3 Å². The standard InChI is InChI=1S/C12H17.Y/c1-10(2)11(3)9-12-7-5-4-6-8-12;/h4-8,11H,9H2,1-3H3;/q-1;+3. The molecule has 13 heavy (non-hydrogen) atoms.